The summed E-state index contributed by atoms with van der Waals surface area (Å²) in [5.74, 6) is 1.08. The van der Waals surface area contributed by atoms with Gasteiger partial charge in [0.15, 0.2) is 0 Å². The van der Waals surface area contributed by atoms with Gasteiger partial charge in [-0.1, -0.05) is 25.5 Å². The number of carbonyl (C=O) groups excluding carboxylic acids is 1. The normalized spacial score (nSPS) is 19.6. The SMILES string of the molecule is C=C(CCC)C1CCC(=O)CC1. The molecule has 1 heteroatoms. The van der Waals surface area contributed by atoms with Crippen molar-refractivity contribution in [3.63, 3.8) is 0 Å². The highest BCUT2D eigenvalue weighted by atomic mass is 16.1. The van der Waals surface area contributed by atoms with Crippen molar-refractivity contribution in [2.24, 2.45) is 5.92 Å². The predicted molar refractivity (Wildman–Crippen MR) is 51.0 cm³/mol. The molecule has 1 rings (SSSR count). The molecule has 1 saturated carbocycles. The van der Waals surface area contributed by atoms with Gasteiger partial charge in [-0.25, -0.2) is 0 Å². The smallest absolute Gasteiger partial charge is 0.132 e. The molecule has 0 spiro atoms. The van der Waals surface area contributed by atoms with E-state index >= 15 is 0 Å². The van der Waals surface area contributed by atoms with Gasteiger partial charge in [0.25, 0.3) is 0 Å². The van der Waals surface area contributed by atoms with Crippen LogP contribution in [0.4, 0.5) is 0 Å². The first-order valence-corrected chi connectivity index (χ1v) is 4.93. The molecule has 0 amide bonds. The zero-order valence-electron chi connectivity index (χ0n) is 7.94. The van der Waals surface area contributed by atoms with E-state index < -0.39 is 0 Å². The van der Waals surface area contributed by atoms with Crippen LogP contribution >= 0.6 is 0 Å². The lowest BCUT2D eigenvalue weighted by Gasteiger charge is -2.22. The molecule has 1 fully saturated rings. The van der Waals surface area contributed by atoms with Gasteiger partial charge in [-0.15, -0.1) is 0 Å². The van der Waals surface area contributed by atoms with Crippen LogP contribution in [0.5, 0.6) is 0 Å². The second kappa shape index (κ2) is 4.44. The minimum atomic E-state index is 0.440. The Balaban J connectivity index is 2.33. The minimum absolute atomic E-state index is 0.440. The molecule has 0 aromatic heterocycles. The van der Waals surface area contributed by atoms with Crippen LogP contribution in [-0.2, 0) is 4.79 Å². The molecule has 1 aliphatic rings. The zero-order valence-corrected chi connectivity index (χ0v) is 7.94. The topological polar surface area (TPSA) is 17.1 Å². The Morgan fingerprint density at radius 1 is 1.50 bits per heavy atom. The number of hydrogen-bond acceptors (Lipinski definition) is 1. The molecule has 0 aliphatic heterocycles. The highest BCUT2D eigenvalue weighted by molar-refractivity contribution is 5.79. The third kappa shape index (κ3) is 2.47. The molecule has 0 unspecified atom stereocenters. The van der Waals surface area contributed by atoms with Crippen molar-refractivity contribution in [3.05, 3.63) is 12.2 Å². The summed E-state index contributed by atoms with van der Waals surface area (Å²) in [6.45, 7) is 6.26. The van der Waals surface area contributed by atoms with E-state index in [1.807, 2.05) is 0 Å². The third-order valence-corrected chi connectivity index (χ3v) is 2.69. The first-order valence-electron chi connectivity index (χ1n) is 4.93. The highest BCUT2D eigenvalue weighted by Crippen LogP contribution is 2.29. The van der Waals surface area contributed by atoms with Crippen molar-refractivity contribution < 1.29 is 4.79 Å². The zero-order chi connectivity index (χ0) is 8.97. The fourth-order valence-electron chi connectivity index (χ4n) is 1.87. The lowest BCUT2D eigenvalue weighted by atomic mass is 9.82. The van der Waals surface area contributed by atoms with Crippen LogP contribution in [0.25, 0.3) is 0 Å². The number of rotatable bonds is 3. The standard InChI is InChI=1S/C11H18O/c1-3-4-9(2)10-5-7-11(12)8-6-10/h10H,2-8H2,1H3. The van der Waals surface area contributed by atoms with E-state index in [0.717, 1.165) is 32.1 Å². The van der Waals surface area contributed by atoms with Crippen LogP contribution in [0.3, 0.4) is 0 Å². The van der Waals surface area contributed by atoms with E-state index in [2.05, 4.69) is 13.5 Å². The second-order valence-corrected chi connectivity index (χ2v) is 3.72. The molecular formula is C11H18O. The molecule has 0 saturated heterocycles. The Kier molecular flexibility index (Phi) is 3.51. The third-order valence-electron chi connectivity index (χ3n) is 2.69. The van der Waals surface area contributed by atoms with Gasteiger partial charge in [0, 0.05) is 12.8 Å². The average Bonchev–Trinajstić information content (AvgIpc) is 2.06. The summed E-state index contributed by atoms with van der Waals surface area (Å²) < 4.78 is 0. The van der Waals surface area contributed by atoms with Gasteiger partial charge in [-0.2, -0.15) is 0 Å². The molecule has 0 radical (unpaired) electrons. The fourth-order valence-corrected chi connectivity index (χ4v) is 1.87. The first kappa shape index (κ1) is 9.50. The molecule has 0 atom stereocenters. The van der Waals surface area contributed by atoms with E-state index in [9.17, 15) is 4.79 Å². The molecule has 0 N–H and O–H groups in total. The van der Waals surface area contributed by atoms with Gasteiger partial charge in [0.05, 0.1) is 0 Å². The van der Waals surface area contributed by atoms with Crippen molar-refractivity contribution in [1.29, 1.82) is 0 Å². The van der Waals surface area contributed by atoms with Crippen molar-refractivity contribution in [1.82, 2.24) is 0 Å². The van der Waals surface area contributed by atoms with E-state index in [0.29, 0.717) is 11.7 Å². The minimum Gasteiger partial charge on any atom is -0.300 e. The molecule has 12 heavy (non-hydrogen) atoms. The van der Waals surface area contributed by atoms with Gasteiger partial charge in [0.1, 0.15) is 5.78 Å². The molecule has 1 nitrogen and oxygen atoms in total. The van der Waals surface area contributed by atoms with Crippen LogP contribution in [-0.4, -0.2) is 5.78 Å². The number of Topliss-reactive ketones (excluding diaryl/α,β-unsaturated/α-hetero) is 1. The van der Waals surface area contributed by atoms with Gasteiger partial charge in [0.2, 0.25) is 0 Å². The monoisotopic (exact) mass is 166 g/mol. The number of hydrogen-bond donors (Lipinski definition) is 0. The van der Waals surface area contributed by atoms with E-state index in [-0.39, 0.29) is 0 Å². The number of ketones is 1. The lowest BCUT2D eigenvalue weighted by Crippen LogP contribution is -2.15. The summed E-state index contributed by atoms with van der Waals surface area (Å²) >= 11 is 0. The fraction of sp³-hybridized carbons (Fsp3) is 0.727. The van der Waals surface area contributed by atoms with E-state index in [1.54, 1.807) is 0 Å². The predicted octanol–water partition coefficient (Wildman–Crippen LogP) is 3.10. The Hall–Kier alpha value is -0.590. The summed E-state index contributed by atoms with van der Waals surface area (Å²) in [5, 5.41) is 0. The molecule has 0 aromatic rings. The summed E-state index contributed by atoms with van der Waals surface area (Å²) in [5.41, 5.74) is 1.37. The van der Waals surface area contributed by atoms with Crippen LogP contribution in [0.15, 0.2) is 12.2 Å². The van der Waals surface area contributed by atoms with Crippen LogP contribution in [0.1, 0.15) is 45.4 Å². The molecular weight excluding hydrogens is 148 g/mol. The summed E-state index contributed by atoms with van der Waals surface area (Å²) in [4.78, 5) is 11.0. The van der Waals surface area contributed by atoms with Crippen LogP contribution in [0.2, 0.25) is 0 Å². The van der Waals surface area contributed by atoms with Gasteiger partial charge < -0.3 is 0 Å². The highest BCUT2D eigenvalue weighted by Gasteiger charge is 2.19. The van der Waals surface area contributed by atoms with E-state index in [4.69, 9.17) is 0 Å². The maximum atomic E-state index is 11.0. The summed E-state index contributed by atoms with van der Waals surface area (Å²) in [6, 6.07) is 0. The van der Waals surface area contributed by atoms with Crippen LogP contribution < -0.4 is 0 Å². The van der Waals surface area contributed by atoms with Crippen molar-refractivity contribution in [2.45, 2.75) is 45.4 Å². The molecule has 0 heterocycles. The Morgan fingerprint density at radius 3 is 2.58 bits per heavy atom. The Labute approximate surface area is 74.9 Å². The van der Waals surface area contributed by atoms with E-state index in [1.165, 1.54) is 12.0 Å². The molecule has 0 aromatic carbocycles. The number of allylic oxidation sites excluding steroid dienone is 1. The maximum Gasteiger partial charge on any atom is 0.132 e. The van der Waals surface area contributed by atoms with Crippen molar-refractivity contribution in [3.8, 4) is 0 Å². The largest absolute Gasteiger partial charge is 0.300 e. The molecule has 0 bridgehead atoms. The Morgan fingerprint density at radius 2 is 2.08 bits per heavy atom. The summed E-state index contributed by atoms with van der Waals surface area (Å²) in [6.07, 6.45) is 6.00. The summed E-state index contributed by atoms with van der Waals surface area (Å²) in [7, 11) is 0. The molecule has 1 aliphatic carbocycles. The lowest BCUT2D eigenvalue weighted by molar-refractivity contribution is -0.120. The quantitative estimate of drug-likeness (QED) is 0.589. The number of carbonyl (C=O) groups is 1. The second-order valence-electron chi connectivity index (χ2n) is 3.72. The van der Waals surface area contributed by atoms with Gasteiger partial charge >= 0.3 is 0 Å². The Bertz CT molecular complexity index is 171. The van der Waals surface area contributed by atoms with Crippen molar-refractivity contribution in [2.75, 3.05) is 0 Å². The molecule has 68 valence electrons. The van der Waals surface area contributed by atoms with Crippen LogP contribution in [0, 0.1) is 5.92 Å². The van der Waals surface area contributed by atoms with Gasteiger partial charge in [-0.3, -0.25) is 4.79 Å². The van der Waals surface area contributed by atoms with Gasteiger partial charge in [-0.05, 0) is 25.2 Å². The van der Waals surface area contributed by atoms with Crippen molar-refractivity contribution >= 4 is 5.78 Å². The maximum absolute atomic E-state index is 11.0. The average molecular weight is 166 g/mol. The first-order chi connectivity index (χ1) is 5.74.